The van der Waals surface area contributed by atoms with Crippen molar-refractivity contribution >= 4 is 18.0 Å². The molecule has 0 aliphatic heterocycles. The van der Waals surface area contributed by atoms with Crippen molar-refractivity contribution < 1.29 is 33.0 Å². The molecule has 3 atom stereocenters. The summed E-state index contributed by atoms with van der Waals surface area (Å²) in [5.74, 6) is -7.08. The van der Waals surface area contributed by atoms with E-state index in [2.05, 4.69) is 16.6 Å². The number of nitrogens with one attached hydrogen (secondary N) is 2. The van der Waals surface area contributed by atoms with E-state index in [4.69, 9.17) is 16.3 Å². The van der Waals surface area contributed by atoms with Gasteiger partial charge in [-0.3, -0.25) is 9.59 Å². The summed E-state index contributed by atoms with van der Waals surface area (Å²) >= 11 is 0. The molecular formula is C25H22F2N2O5. The second-order valence-electron chi connectivity index (χ2n) is 8.27. The number of fused-ring (bicyclic) bond motifs is 3. The largest absolute Gasteiger partial charge is 0.481 e. The number of benzene rings is 2. The Bertz CT molecular complexity index is 1130. The zero-order chi connectivity index (χ0) is 24.5. The lowest BCUT2D eigenvalue weighted by Crippen LogP contribution is -2.47. The minimum Gasteiger partial charge on any atom is -0.481 e. The third kappa shape index (κ3) is 4.31. The lowest BCUT2D eigenvalue weighted by Gasteiger charge is -2.18. The summed E-state index contributed by atoms with van der Waals surface area (Å²) < 4.78 is 32.4. The van der Waals surface area contributed by atoms with Crippen LogP contribution in [0.5, 0.6) is 0 Å². The first-order chi connectivity index (χ1) is 16.3. The first-order valence-electron chi connectivity index (χ1n) is 10.7. The van der Waals surface area contributed by atoms with Gasteiger partial charge in [0.1, 0.15) is 18.6 Å². The third-order valence-corrected chi connectivity index (χ3v) is 6.24. The van der Waals surface area contributed by atoms with Crippen LogP contribution in [0.15, 0.2) is 48.5 Å². The molecule has 9 heteroatoms. The van der Waals surface area contributed by atoms with Crippen LogP contribution in [0, 0.1) is 24.2 Å². The molecule has 2 aromatic rings. The van der Waals surface area contributed by atoms with Gasteiger partial charge in [0.2, 0.25) is 5.91 Å². The van der Waals surface area contributed by atoms with Crippen molar-refractivity contribution in [1.29, 1.82) is 0 Å². The van der Waals surface area contributed by atoms with E-state index in [0.717, 1.165) is 22.3 Å². The summed E-state index contributed by atoms with van der Waals surface area (Å²) in [6, 6.07) is 14.4. The molecule has 176 valence electrons. The fourth-order valence-corrected chi connectivity index (χ4v) is 4.42. The van der Waals surface area contributed by atoms with Gasteiger partial charge in [0, 0.05) is 18.9 Å². The number of carboxylic acids is 1. The average Bonchev–Trinajstić information content (AvgIpc) is 3.23. The Hall–Kier alpha value is -3.93. The number of alkyl carbamates (subject to hydrolysis) is 1. The lowest BCUT2D eigenvalue weighted by molar-refractivity contribution is -0.141. The number of carbonyl (C=O) groups excluding carboxylic acids is 2. The minimum absolute atomic E-state index is 0.0266. The Morgan fingerprint density at radius 1 is 1.09 bits per heavy atom. The number of ether oxygens (including phenoxy) is 1. The number of hydrogen-bond acceptors (Lipinski definition) is 4. The van der Waals surface area contributed by atoms with Crippen molar-refractivity contribution in [1.82, 2.24) is 10.6 Å². The van der Waals surface area contributed by atoms with Gasteiger partial charge in [0.15, 0.2) is 0 Å². The summed E-state index contributed by atoms with van der Waals surface area (Å²) in [6.45, 7) is -0.519. The lowest BCUT2D eigenvalue weighted by atomic mass is 9.98. The normalized spacial score (nSPS) is 20.3. The second-order valence-corrected chi connectivity index (χ2v) is 8.27. The molecule has 1 saturated carbocycles. The van der Waals surface area contributed by atoms with E-state index < -0.39 is 48.3 Å². The van der Waals surface area contributed by atoms with Crippen LogP contribution in [0.4, 0.5) is 13.6 Å². The minimum atomic E-state index is -3.39. The van der Waals surface area contributed by atoms with Crippen molar-refractivity contribution in [2.45, 2.75) is 24.3 Å². The molecule has 1 fully saturated rings. The van der Waals surface area contributed by atoms with Gasteiger partial charge >= 0.3 is 12.1 Å². The molecule has 4 rings (SSSR count). The molecule has 0 spiro atoms. The molecule has 7 nitrogen and oxygen atoms in total. The zero-order valence-electron chi connectivity index (χ0n) is 18.0. The highest BCUT2D eigenvalue weighted by Crippen LogP contribution is 2.54. The molecule has 2 aliphatic carbocycles. The molecule has 2 aromatic carbocycles. The fraction of sp³-hybridized carbons (Fsp3) is 0.320. The fourth-order valence-electron chi connectivity index (χ4n) is 4.42. The standard InChI is InChI=1S/C25H22F2N2O5/c1-2-7-20(22(30)28-12-19-21(23(31)32)25(19,26)27)29-24(33)34-13-18-16-10-5-3-8-14(16)15-9-4-6-11-17(15)18/h1,3-6,8-11,18-21H,7,12-13H2,(H,28,30)(H,29,33)(H,31,32)/t19-,20?,21-/m0/s1. The molecule has 0 saturated heterocycles. The van der Waals surface area contributed by atoms with Crippen molar-refractivity contribution in [2.24, 2.45) is 11.8 Å². The summed E-state index contributed by atoms with van der Waals surface area (Å²) in [6.07, 6.45) is 4.20. The van der Waals surface area contributed by atoms with E-state index in [1.807, 2.05) is 48.5 Å². The molecule has 3 N–H and O–H groups in total. The highest BCUT2D eigenvalue weighted by atomic mass is 19.3. The van der Waals surface area contributed by atoms with E-state index >= 15 is 0 Å². The summed E-state index contributed by atoms with van der Waals surface area (Å²) in [5, 5.41) is 13.4. The van der Waals surface area contributed by atoms with Crippen LogP contribution in [0.1, 0.15) is 23.5 Å². The molecule has 0 bridgehead atoms. The Kier molecular flexibility index (Phi) is 6.24. The predicted molar refractivity (Wildman–Crippen MR) is 118 cm³/mol. The summed E-state index contributed by atoms with van der Waals surface area (Å²) in [4.78, 5) is 35.7. The van der Waals surface area contributed by atoms with Crippen molar-refractivity contribution in [3.05, 3.63) is 59.7 Å². The van der Waals surface area contributed by atoms with Crippen LogP contribution in [0.3, 0.4) is 0 Å². The summed E-state index contributed by atoms with van der Waals surface area (Å²) in [5.41, 5.74) is 4.17. The first-order valence-corrected chi connectivity index (χ1v) is 10.7. The number of rotatable bonds is 8. The Morgan fingerprint density at radius 3 is 2.21 bits per heavy atom. The van der Waals surface area contributed by atoms with Crippen LogP contribution >= 0.6 is 0 Å². The Morgan fingerprint density at radius 2 is 1.68 bits per heavy atom. The van der Waals surface area contributed by atoms with Crippen LogP contribution in [0.25, 0.3) is 11.1 Å². The Labute approximate surface area is 194 Å². The van der Waals surface area contributed by atoms with Crippen molar-refractivity contribution in [3.8, 4) is 23.5 Å². The number of carboxylic acid groups (broad SMARTS) is 1. The molecule has 2 aliphatic rings. The molecule has 0 radical (unpaired) electrons. The number of amides is 2. The highest BCUT2D eigenvalue weighted by molar-refractivity contribution is 5.86. The quantitative estimate of drug-likeness (QED) is 0.517. The monoisotopic (exact) mass is 468 g/mol. The molecule has 0 heterocycles. The van der Waals surface area contributed by atoms with Crippen molar-refractivity contribution in [2.75, 3.05) is 13.2 Å². The molecule has 2 amide bonds. The maximum Gasteiger partial charge on any atom is 0.407 e. The van der Waals surface area contributed by atoms with E-state index in [-0.39, 0.29) is 18.9 Å². The van der Waals surface area contributed by atoms with Gasteiger partial charge < -0.3 is 20.5 Å². The van der Waals surface area contributed by atoms with E-state index in [1.54, 1.807) is 0 Å². The number of halogens is 2. The van der Waals surface area contributed by atoms with Gasteiger partial charge in [-0.05, 0) is 22.3 Å². The Balaban J connectivity index is 1.34. The number of alkyl halides is 2. The van der Waals surface area contributed by atoms with Crippen molar-refractivity contribution in [3.63, 3.8) is 0 Å². The number of carbonyl (C=O) groups is 3. The van der Waals surface area contributed by atoms with Gasteiger partial charge in [-0.25, -0.2) is 13.6 Å². The molecule has 1 unspecified atom stereocenters. The van der Waals surface area contributed by atoms with E-state index in [1.165, 1.54) is 0 Å². The van der Waals surface area contributed by atoms with Crippen LogP contribution in [-0.2, 0) is 14.3 Å². The zero-order valence-corrected chi connectivity index (χ0v) is 18.0. The number of aliphatic carboxylic acids is 1. The van der Waals surface area contributed by atoms with Gasteiger partial charge in [0.05, 0.1) is 5.92 Å². The highest BCUT2D eigenvalue weighted by Gasteiger charge is 2.72. The van der Waals surface area contributed by atoms with Gasteiger partial charge in [-0.2, -0.15) is 0 Å². The van der Waals surface area contributed by atoms with Gasteiger partial charge in [-0.1, -0.05) is 48.5 Å². The second kappa shape index (κ2) is 9.14. The number of hydrogen-bond donors (Lipinski definition) is 3. The van der Waals surface area contributed by atoms with E-state index in [9.17, 15) is 23.2 Å². The van der Waals surface area contributed by atoms with Crippen LogP contribution < -0.4 is 10.6 Å². The maximum absolute atomic E-state index is 13.5. The summed E-state index contributed by atoms with van der Waals surface area (Å²) in [7, 11) is 0. The maximum atomic E-state index is 13.5. The van der Waals surface area contributed by atoms with Crippen LogP contribution in [0.2, 0.25) is 0 Å². The average molecular weight is 468 g/mol. The third-order valence-electron chi connectivity index (χ3n) is 6.24. The SMILES string of the molecule is C#CCC(NC(=O)OCC1c2ccccc2-c2ccccc21)C(=O)NC[C@H]1[C@@H](C(=O)O)C1(F)F. The van der Waals surface area contributed by atoms with Gasteiger partial charge in [-0.15, -0.1) is 12.3 Å². The molecular weight excluding hydrogens is 446 g/mol. The van der Waals surface area contributed by atoms with Crippen LogP contribution in [-0.4, -0.2) is 48.2 Å². The number of terminal acetylenes is 1. The molecule has 34 heavy (non-hydrogen) atoms. The predicted octanol–water partition coefficient (Wildman–Crippen LogP) is 3.00. The first kappa shape index (κ1) is 23.2. The topological polar surface area (TPSA) is 105 Å². The van der Waals surface area contributed by atoms with E-state index in [0.29, 0.717) is 0 Å². The molecule has 0 aromatic heterocycles. The van der Waals surface area contributed by atoms with Gasteiger partial charge in [0.25, 0.3) is 5.92 Å². The smallest absolute Gasteiger partial charge is 0.407 e.